The molecule has 3 rings (SSSR count). The largest absolute Gasteiger partial charge is 0.508 e. The Bertz CT molecular complexity index is 1140. The summed E-state index contributed by atoms with van der Waals surface area (Å²) in [6.07, 6.45) is 1.32. The van der Waals surface area contributed by atoms with Crippen LogP contribution in [0.25, 0.3) is 0 Å². The maximum absolute atomic E-state index is 12.5. The van der Waals surface area contributed by atoms with E-state index in [-0.39, 0.29) is 22.8 Å². The van der Waals surface area contributed by atoms with Crippen molar-refractivity contribution in [3.8, 4) is 17.2 Å². The summed E-state index contributed by atoms with van der Waals surface area (Å²) >= 11 is 3.35. The number of hydrazone groups is 1. The van der Waals surface area contributed by atoms with Crippen molar-refractivity contribution >= 4 is 34.0 Å². The third-order valence-electron chi connectivity index (χ3n) is 4.14. The maximum Gasteiger partial charge on any atom is 0.343 e. The van der Waals surface area contributed by atoms with Crippen molar-refractivity contribution < 1.29 is 24.5 Å². The molecule has 0 radical (unpaired) electrons. The molecule has 30 heavy (non-hydrogen) atoms. The molecule has 8 heteroatoms. The Kier molecular flexibility index (Phi) is 6.48. The number of hydrogen-bond donors (Lipinski definition) is 3. The van der Waals surface area contributed by atoms with E-state index < -0.39 is 11.9 Å². The summed E-state index contributed by atoms with van der Waals surface area (Å²) in [6.45, 7) is 1.81. The van der Waals surface area contributed by atoms with Gasteiger partial charge in [-0.15, -0.1) is 0 Å². The van der Waals surface area contributed by atoms with Crippen LogP contribution >= 0.6 is 15.9 Å². The summed E-state index contributed by atoms with van der Waals surface area (Å²) in [7, 11) is 0. The summed E-state index contributed by atoms with van der Waals surface area (Å²) in [5.74, 6) is -1.46. The average Bonchev–Trinajstić information content (AvgIpc) is 2.70. The monoisotopic (exact) mass is 468 g/mol. The van der Waals surface area contributed by atoms with E-state index in [1.807, 2.05) is 19.1 Å². The standard InChI is InChI=1S/C22H17BrN2O5/c1-13-4-2-3-5-17(13)22(29)30-20-9-6-15(23)10-14(20)12-24-25-21(28)18-8-7-16(26)11-19(18)27/h2-12,26-27H,1H3,(H,25,28)/b24-12+. The van der Waals surface area contributed by atoms with Crippen LogP contribution in [0.3, 0.4) is 0 Å². The summed E-state index contributed by atoms with van der Waals surface area (Å²) in [4.78, 5) is 24.7. The summed E-state index contributed by atoms with van der Waals surface area (Å²) in [5, 5.41) is 22.9. The predicted molar refractivity (Wildman–Crippen MR) is 115 cm³/mol. The van der Waals surface area contributed by atoms with Crippen molar-refractivity contribution in [2.75, 3.05) is 0 Å². The molecule has 0 aromatic heterocycles. The number of phenols is 2. The Morgan fingerprint density at radius 2 is 1.80 bits per heavy atom. The number of halogens is 1. The van der Waals surface area contributed by atoms with Gasteiger partial charge in [-0.05, 0) is 48.9 Å². The van der Waals surface area contributed by atoms with Crippen LogP contribution in [0.1, 0.15) is 31.8 Å². The molecule has 0 saturated carbocycles. The molecule has 0 aliphatic heterocycles. The van der Waals surface area contributed by atoms with E-state index in [4.69, 9.17) is 4.74 Å². The second-order valence-electron chi connectivity index (χ2n) is 6.29. The van der Waals surface area contributed by atoms with E-state index in [1.165, 1.54) is 18.3 Å². The van der Waals surface area contributed by atoms with E-state index in [0.29, 0.717) is 11.1 Å². The van der Waals surface area contributed by atoms with E-state index in [1.54, 1.807) is 30.3 Å². The number of nitrogens with zero attached hydrogens (tertiary/aromatic N) is 1. The molecule has 0 unspecified atom stereocenters. The Balaban J connectivity index is 1.77. The highest BCUT2D eigenvalue weighted by Crippen LogP contribution is 2.24. The van der Waals surface area contributed by atoms with Gasteiger partial charge in [-0.25, -0.2) is 10.2 Å². The molecule has 0 aliphatic rings. The van der Waals surface area contributed by atoms with E-state index in [0.717, 1.165) is 16.1 Å². The number of aromatic hydroxyl groups is 2. The lowest BCUT2D eigenvalue weighted by Gasteiger charge is -2.09. The number of hydrogen-bond acceptors (Lipinski definition) is 6. The first-order valence-electron chi connectivity index (χ1n) is 8.78. The lowest BCUT2D eigenvalue weighted by atomic mass is 10.1. The fraction of sp³-hybridized carbons (Fsp3) is 0.0455. The first kappa shape index (κ1) is 21.1. The van der Waals surface area contributed by atoms with Gasteiger partial charge in [0.1, 0.15) is 17.2 Å². The zero-order valence-electron chi connectivity index (χ0n) is 15.8. The van der Waals surface area contributed by atoms with Crippen LogP contribution in [0.5, 0.6) is 17.2 Å². The van der Waals surface area contributed by atoms with Crippen LogP contribution in [-0.4, -0.2) is 28.3 Å². The SMILES string of the molecule is Cc1ccccc1C(=O)Oc1ccc(Br)cc1/C=N/NC(=O)c1ccc(O)cc1O. The summed E-state index contributed by atoms with van der Waals surface area (Å²) in [5.41, 5.74) is 3.91. The molecule has 0 saturated heterocycles. The van der Waals surface area contributed by atoms with Gasteiger partial charge < -0.3 is 14.9 Å². The highest BCUT2D eigenvalue weighted by Gasteiger charge is 2.14. The molecule has 0 aliphatic carbocycles. The van der Waals surface area contributed by atoms with Gasteiger partial charge >= 0.3 is 5.97 Å². The van der Waals surface area contributed by atoms with Gasteiger partial charge in [0.05, 0.1) is 17.3 Å². The molecule has 0 spiro atoms. The molecular formula is C22H17BrN2O5. The Labute approximate surface area is 180 Å². The first-order valence-corrected chi connectivity index (χ1v) is 9.57. The van der Waals surface area contributed by atoms with Crippen LogP contribution in [0, 0.1) is 6.92 Å². The second kappa shape index (κ2) is 9.23. The zero-order valence-corrected chi connectivity index (χ0v) is 17.4. The minimum atomic E-state index is -0.669. The van der Waals surface area contributed by atoms with Crippen molar-refractivity contribution in [2.24, 2.45) is 5.10 Å². The van der Waals surface area contributed by atoms with E-state index in [2.05, 4.69) is 26.5 Å². The minimum absolute atomic E-state index is 0.0506. The van der Waals surface area contributed by atoms with Gasteiger partial charge in [-0.2, -0.15) is 5.10 Å². The van der Waals surface area contributed by atoms with Crippen LogP contribution in [0.15, 0.2) is 70.2 Å². The molecule has 3 aromatic carbocycles. The summed E-state index contributed by atoms with van der Waals surface area (Å²) in [6, 6.07) is 15.7. The fourth-order valence-electron chi connectivity index (χ4n) is 2.60. The Morgan fingerprint density at radius 1 is 1.03 bits per heavy atom. The molecule has 1 amide bonds. The van der Waals surface area contributed by atoms with Gasteiger partial charge in [-0.3, -0.25) is 4.79 Å². The molecule has 0 fully saturated rings. The topological polar surface area (TPSA) is 108 Å². The molecule has 3 N–H and O–H groups in total. The Hall–Kier alpha value is -3.65. The maximum atomic E-state index is 12.5. The highest BCUT2D eigenvalue weighted by atomic mass is 79.9. The van der Waals surface area contributed by atoms with Crippen molar-refractivity contribution in [3.63, 3.8) is 0 Å². The molecule has 0 bridgehead atoms. The third-order valence-corrected chi connectivity index (χ3v) is 4.63. The minimum Gasteiger partial charge on any atom is -0.508 e. The molecule has 0 heterocycles. The van der Waals surface area contributed by atoms with Crippen LogP contribution < -0.4 is 10.2 Å². The van der Waals surface area contributed by atoms with Crippen molar-refractivity contribution in [1.29, 1.82) is 0 Å². The molecule has 0 atom stereocenters. The number of nitrogens with one attached hydrogen (secondary N) is 1. The quantitative estimate of drug-likeness (QED) is 0.225. The molecule has 7 nitrogen and oxygen atoms in total. The number of aryl methyl sites for hydroxylation is 1. The number of carbonyl (C=O) groups is 2. The van der Waals surface area contributed by atoms with Crippen molar-refractivity contribution in [2.45, 2.75) is 6.92 Å². The van der Waals surface area contributed by atoms with Gasteiger partial charge in [0.15, 0.2) is 0 Å². The van der Waals surface area contributed by atoms with Gasteiger partial charge in [-0.1, -0.05) is 34.1 Å². The number of ether oxygens (including phenoxy) is 1. The number of rotatable bonds is 5. The second-order valence-corrected chi connectivity index (χ2v) is 7.20. The van der Waals surface area contributed by atoms with E-state index >= 15 is 0 Å². The molecular weight excluding hydrogens is 452 g/mol. The third kappa shape index (κ3) is 5.03. The number of benzene rings is 3. The Morgan fingerprint density at radius 3 is 2.53 bits per heavy atom. The van der Waals surface area contributed by atoms with Crippen molar-refractivity contribution in [1.82, 2.24) is 5.43 Å². The van der Waals surface area contributed by atoms with Crippen molar-refractivity contribution in [3.05, 3.63) is 87.4 Å². The summed E-state index contributed by atoms with van der Waals surface area (Å²) < 4.78 is 6.23. The number of amides is 1. The zero-order chi connectivity index (χ0) is 21.7. The van der Waals surface area contributed by atoms with Gasteiger partial charge in [0, 0.05) is 16.1 Å². The lowest BCUT2D eigenvalue weighted by molar-refractivity contribution is 0.0733. The number of phenolic OH excluding ortho intramolecular Hbond substituents is 2. The smallest absolute Gasteiger partial charge is 0.343 e. The average molecular weight is 469 g/mol. The van der Waals surface area contributed by atoms with Crippen LogP contribution in [-0.2, 0) is 0 Å². The highest BCUT2D eigenvalue weighted by molar-refractivity contribution is 9.10. The van der Waals surface area contributed by atoms with Crippen LogP contribution in [0.2, 0.25) is 0 Å². The lowest BCUT2D eigenvalue weighted by Crippen LogP contribution is -2.18. The fourth-order valence-corrected chi connectivity index (χ4v) is 2.98. The number of esters is 1. The molecule has 152 valence electrons. The normalized spacial score (nSPS) is 10.7. The number of carbonyl (C=O) groups excluding carboxylic acids is 2. The predicted octanol–water partition coefficient (Wildman–Crippen LogP) is 4.15. The van der Waals surface area contributed by atoms with Gasteiger partial charge in [0.25, 0.3) is 5.91 Å². The molecule has 3 aromatic rings. The van der Waals surface area contributed by atoms with Gasteiger partial charge in [0.2, 0.25) is 0 Å². The first-order chi connectivity index (χ1) is 14.3. The van der Waals surface area contributed by atoms with E-state index in [9.17, 15) is 19.8 Å². The van der Waals surface area contributed by atoms with Crippen LogP contribution in [0.4, 0.5) is 0 Å².